The molecule has 1 fully saturated rings. The molecule has 0 bridgehead atoms. The van der Waals surface area contributed by atoms with Gasteiger partial charge in [-0.25, -0.2) is 0 Å². The molecule has 0 aliphatic heterocycles. The maximum absolute atomic E-state index is 12.6. The van der Waals surface area contributed by atoms with Crippen LogP contribution >= 0.6 is 0 Å². The van der Waals surface area contributed by atoms with Crippen molar-refractivity contribution in [1.82, 2.24) is 10.2 Å². The highest BCUT2D eigenvalue weighted by Gasteiger charge is 2.40. The molecule has 2 unspecified atom stereocenters. The van der Waals surface area contributed by atoms with E-state index in [1.165, 1.54) is 0 Å². The molecule has 0 radical (unpaired) electrons. The molecule has 0 aromatic carbocycles. The summed E-state index contributed by atoms with van der Waals surface area (Å²) < 4.78 is 37.8. The molecule has 2 nitrogen and oxygen atoms in total. The monoisotopic (exact) mass is 280 g/mol. The lowest BCUT2D eigenvalue weighted by molar-refractivity contribution is -0.158. The highest BCUT2D eigenvalue weighted by Crippen LogP contribution is 2.34. The van der Waals surface area contributed by atoms with Gasteiger partial charge in [0.05, 0.1) is 6.54 Å². The van der Waals surface area contributed by atoms with Crippen LogP contribution in [-0.4, -0.2) is 42.3 Å². The Hall–Kier alpha value is -0.290. The average Bonchev–Trinajstić information content (AvgIpc) is 2.11. The summed E-state index contributed by atoms with van der Waals surface area (Å²) in [5.41, 5.74) is 0.0275. The van der Waals surface area contributed by atoms with Gasteiger partial charge in [-0.1, -0.05) is 6.92 Å². The van der Waals surface area contributed by atoms with Crippen LogP contribution in [-0.2, 0) is 0 Å². The third-order valence-corrected chi connectivity index (χ3v) is 3.63. The molecule has 19 heavy (non-hydrogen) atoms. The largest absolute Gasteiger partial charge is 0.401 e. The van der Waals surface area contributed by atoms with Gasteiger partial charge in [-0.3, -0.25) is 4.90 Å². The first-order chi connectivity index (χ1) is 8.62. The van der Waals surface area contributed by atoms with Gasteiger partial charge in [-0.2, -0.15) is 13.2 Å². The first-order valence-electron chi connectivity index (χ1n) is 7.18. The van der Waals surface area contributed by atoms with E-state index in [-0.39, 0.29) is 11.6 Å². The van der Waals surface area contributed by atoms with Gasteiger partial charge < -0.3 is 5.32 Å². The van der Waals surface area contributed by atoms with Crippen molar-refractivity contribution in [3.05, 3.63) is 0 Å². The van der Waals surface area contributed by atoms with Gasteiger partial charge in [0.1, 0.15) is 0 Å². The highest BCUT2D eigenvalue weighted by atomic mass is 19.4. The molecule has 0 aromatic rings. The molecule has 5 heteroatoms. The van der Waals surface area contributed by atoms with E-state index < -0.39 is 12.7 Å². The Morgan fingerprint density at radius 3 is 2.16 bits per heavy atom. The predicted octanol–water partition coefficient (Wildman–Crippen LogP) is 3.43. The minimum atomic E-state index is -4.09. The van der Waals surface area contributed by atoms with Crippen molar-refractivity contribution in [2.45, 2.75) is 64.7 Å². The highest BCUT2D eigenvalue weighted by molar-refractivity contribution is 4.92. The van der Waals surface area contributed by atoms with Gasteiger partial charge in [0.2, 0.25) is 0 Å². The van der Waals surface area contributed by atoms with Crippen LogP contribution in [0.2, 0.25) is 0 Å². The Morgan fingerprint density at radius 1 is 1.16 bits per heavy atom. The Balaban J connectivity index is 2.50. The fourth-order valence-electron chi connectivity index (χ4n) is 2.59. The van der Waals surface area contributed by atoms with E-state index in [0.717, 1.165) is 25.8 Å². The van der Waals surface area contributed by atoms with E-state index in [2.05, 4.69) is 26.1 Å². The van der Waals surface area contributed by atoms with Crippen molar-refractivity contribution in [2.75, 3.05) is 19.6 Å². The first kappa shape index (κ1) is 16.8. The van der Waals surface area contributed by atoms with Crippen molar-refractivity contribution in [3.8, 4) is 0 Å². The zero-order chi connectivity index (χ0) is 14.7. The Morgan fingerprint density at radius 2 is 1.79 bits per heavy atom. The van der Waals surface area contributed by atoms with Crippen LogP contribution in [0.3, 0.4) is 0 Å². The summed E-state index contributed by atoms with van der Waals surface area (Å²) in [6, 6.07) is 0.0939. The fraction of sp³-hybridized carbons (Fsp3) is 1.00. The van der Waals surface area contributed by atoms with Crippen molar-refractivity contribution >= 4 is 0 Å². The Labute approximate surface area is 114 Å². The lowest BCUT2D eigenvalue weighted by Gasteiger charge is -2.45. The summed E-state index contributed by atoms with van der Waals surface area (Å²) in [6.45, 7) is 8.77. The second kappa shape index (κ2) is 6.44. The standard InChI is InChI=1S/C14H27F3N2/c1-5-8-19(10-14(15,16)17)12-7-6-11(12)9-18-13(2,3)4/h11-12,18H,5-10H2,1-4H3. The van der Waals surface area contributed by atoms with Gasteiger partial charge in [0.15, 0.2) is 0 Å². The molecule has 1 rings (SSSR count). The average molecular weight is 280 g/mol. The van der Waals surface area contributed by atoms with Crippen LogP contribution < -0.4 is 5.32 Å². The SMILES string of the molecule is CCCN(CC(F)(F)F)C1CCC1CNC(C)(C)C. The van der Waals surface area contributed by atoms with Crippen LogP contribution in [0.4, 0.5) is 13.2 Å². The van der Waals surface area contributed by atoms with Gasteiger partial charge in [-0.05, 0) is 59.0 Å². The molecule has 0 heterocycles. The molecule has 1 N–H and O–H groups in total. The number of hydrogen-bond donors (Lipinski definition) is 1. The summed E-state index contributed by atoms with van der Waals surface area (Å²) in [4.78, 5) is 1.62. The third-order valence-electron chi connectivity index (χ3n) is 3.63. The summed E-state index contributed by atoms with van der Waals surface area (Å²) >= 11 is 0. The van der Waals surface area contributed by atoms with Crippen molar-refractivity contribution in [3.63, 3.8) is 0 Å². The number of nitrogens with one attached hydrogen (secondary N) is 1. The zero-order valence-corrected chi connectivity index (χ0v) is 12.5. The minimum Gasteiger partial charge on any atom is -0.312 e. The smallest absolute Gasteiger partial charge is 0.312 e. The number of alkyl halides is 3. The van der Waals surface area contributed by atoms with Gasteiger partial charge in [0, 0.05) is 11.6 Å². The van der Waals surface area contributed by atoms with Crippen LogP contribution in [0.15, 0.2) is 0 Å². The second-order valence-corrected chi connectivity index (χ2v) is 6.62. The Kier molecular flexibility index (Phi) is 5.68. The number of rotatable bonds is 6. The topological polar surface area (TPSA) is 15.3 Å². The van der Waals surface area contributed by atoms with Crippen molar-refractivity contribution in [1.29, 1.82) is 0 Å². The van der Waals surface area contributed by atoms with Gasteiger partial charge in [0.25, 0.3) is 0 Å². The normalized spacial score (nSPS) is 24.6. The van der Waals surface area contributed by atoms with Gasteiger partial charge >= 0.3 is 6.18 Å². The number of halogens is 3. The lowest BCUT2D eigenvalue weighted by atomic mass is 9.78. The number of nitrogens with zero attached hydrogens (tertiary/aromatic N) is 1. The summed E-state index contributed by atoms with van der Waals surface area (Å²) in [6.07, 6.45) is -1.39. The van der Waals surface area contributed by atoms with E-state index >= 15 is 0 Å². The van der Waals surface area contributed by atoms with Gasteiger partial charge in [-0.15, -0.1) is 0 Å². The molecule has 0 aromatic heterocycles. The molecule has 1 saturated carbocycles. The van der Waals surface area contributed by atoms with E-state index in [9.17, 15) is 13.2 Å². The third kappa shape index (κ3) is 6.13. The summed E-state index contributed by atoms with van der Waals surface area (Å²) in [5, 5.41) is 3.41. The number of hydrogen-bond acceptors (Lipinski definition) is 2. The Bertz CT molecular complexity index is 271. The van der Waals surface area contributed by atoms with Crippen LogP contribution in [0.25, 0.3) is 0 Å². The predicted molar refractivity (Wildman–Crippen MR) is 72.2 cm³/mol. The van der Waals surface area contributed by atoms with E-state index in [1.807, 2.05) is 6.92 Å². The summed E-state index contributed by atoms with van der Waals surface area (Å²) in [5.74, 6) is 0.355. The maximum Gasteiger partial charge on any atom is 0.401 e. The molecule has 114 valence electrons. The second-order valence-electron chi connectivity index (χ2n) is 6.62. The maximum atomic E-state index is 12.6. The molecule has 1 aliphatic rings. The van der Waals surface area contributed by atoms with E-state index in [4.69, 9.17) is 0 Å². The molecule has 0 spiro atoms. The lowest BCUT2D eigenvalue weighted by Crippen LogP contribution is -2.54. The first-order valence-corrected chi connectivity index (χ1v) is 7.18. The van der Waals surface area contributed by atoms with Crippen molar-refractivity contribution in [2.24, 2.45) is 5.92 Å². The molecular formula is C14H27F3N2. The van der Waals surface area contributed by atoms with Crippen molar-refractivity contribution < 1.29 is 13.2 Å². The fourth-order valence-corrected chi connectivity index (χ4v) is 2.59. The molecule has 2 atom stereocenters. The van der Waals surface area contributed by atoms with Crippen LogP contribution in [0, 0.1) is 5.92 Å². The quantitative estimate of drug-likeness (QED) is 0.802. The van der Waals surface area contributed by atoms with E-state index in [1.54, 1.807) is 4.90 Å². The summed E-state index contributed by atoms with van der Waals surface area (Å²) in [7, 11) is 0. The molecule has 1 aliphatic carbocycles. The minimum absolute atomic E-state index is 0.0275. The van der Waals surface area contributed by atoms with E-state index in [0.29, 0.717) is 12.5 Å². The van der Waals surface area contributed by atoms with Crippen LogP contribution in [0.1, 0.15) is 47.0 Å². The molecule has 0 saturated heterocycles. The van der Waals surface area contributed by atoms with Crippen LogP contribution in [0.5, 0.6) is 0 Å². The molecule has 0 amide bonds. The molecular weight excluding hydrogens is 253 g/mol. The zero-order valence-electron chi connectivity index (χ0n) is 12.5.